The lowest BCUT2D eigenvalue weighted by Gasteiger charge is -2.10. The second-order valence-corrected chi connectivity index (χ2v) is 5.95. The summed E-state index contributed by atoms with van der Waals surface area (Å²) in [4.78, 5) is 16.4. The number of anilines is 3. The second kappa shape index (κ2) is 7.49. The third kappa shape index (κ3) is 4.84. The number of nitrogens with zero attached hydrogens (tertiary/aromatic N) is 1. The first-order chi connectivity index (χ1) is 12.8. The van der Waals surface area contributed by atoms with E-state index in [0.29, 0.717) is 5.69 Å². The number of nitrogens with one attached hydrogen (secondary N) is 2. The van der Waals surface area contributed by atoms with Crippen molar-refractivity contribution in [2.24, 2.45) is 0 Å². The number of pyridine rings is 1. The Kier molecular flexibility index (Phi) is 5.12. The predicted octanol–water partition coefficient (Wildman–Crippen LogP) is 5.40. The Morgan fingerprint density at radius 2 is 1.63 bits per heavy atom. The van der Waals surface area contributed by atoms with E-state index in [1.807, 2.05) is 31.2 Å². The molecule has 1 amide bonds. The van der Waals surface area contributed by atoms with Gasteiger partial charge >= 0.3 is 6.18 Å². The number of halogens is 3. The Hall–Kier alpha value is -3.35. The van der Waals surface area contributed by atoms with E-state index in [0.717, 1.165) is 23.4 Å². The molecule has 0 spiro atoms. The lowest BCUT2D eigenvalue weighted by molar-refractivity contribution is -0.137. The van der Waals surface area contributed by atoms with Crippen LogP contribution >= 0.6 is 0 Å². The van der Waals surface area contributed by atoms with Crippen molar-refractivity contribution >= 4 is 23.0 Å². The summed E-state index contributed by atoms with van der Waals surface area (Å²) in [7, 11) is 0. The fourth-order valence-corrected chi connectivity index (χ4v) is 2.46. The van der Waals surface area contributed by atoms with Crippen molar-refractivity contribution in [3.8, 4) is 0 Å². The fraction of sp³-hybridized carbons (Fsp3) is 0.100. The molecule has 3 rings (SSSR count). The van der Waals surface area contributed by atoms with Gasteiger partial charge in [-0.3, -0.25) is 9.78 Å². The average Bonchev–Trinajstić information content (AvgIpc) is 2.62. The number of carbonyl (C=O) groups excluding carboxylic acids is 1. The summed E-state index contributed by atoms with van der Waals surface area (Å²) < 4.78 is 37.8. The molecule has 2 aromatic carbocycles. The highest BCUT2D eigenvalue weighted by atomic mass is 19.4. The molecule has 2 N–H and O–H groups in total. The molecule has 0 saturated carbocycles. The second-order valence-electron chi connectivity index (χ2n) is 5.95. The first-order valence-electron chi connectivity index (χ1n) is 8.09. The number of rotatable bonds is 4. The summed E-state index contributed by atoms with van der Waals surface area (Å²) in [5, 5.41) is 5.72. The summed E-state index contributed by atoms with van der Waals surface area (Å²) in [5.41, 5.74) is 2.26. The van der Waals surface area contributed by atoms with Gasteiger partial charge in [0.2, 0.25) is 0 Å². The van der Waals surface area contributed by atoms with Crippen LogP contribution in [0.25, 0.3) is 0 Å². The number of benzene rings is 2. The van der Waals surface area contributed by atoms with E-state index in [1.54, 1.807) is 12.1 Å². The molecule has 3 aromatic rings. The van der Waals surface area contributed by atoms with Gasteiger partial charge in [0.25, 0.3) is 5.91 Å². The Labute approximate surface area is 154 Å². The van der Waals surface area contributed by atoms with Gasteiger partial charge < -0.3 is 10.6 Å². The molecule has 1 aromatic heterocycles. The number of hydrogen-bond acceptors (Lipinski definition) is 3. The standard InChI is InChI=1S/C20H16F3N3O/c1-13-3-2-4-16(11-13)25-17-9-10-24-18(12-17)19(27)26-15-7-5-14(6-8-15)20(21,22)23/h2-12H,1H3,(H,24,25)(H,26,27). The minimum Gasteiger partial charge on any atom is -0.355 e. The fourth-order valence-electron chi connectivity index (χ4n) is 2.46. The van der Waals surface area contributed by atoms with Gasteiger partial charge in [0.05, 0.1) is 5.56 Å². The van der Waals surface area contributed by atoms with Gasteiger partial charge in [-0.2, -0.15) is 13.2 Å². The molecule has 0 atom stereocenters. The lowest BCUT2D eigenvalue weighted by Crippen LogP contribution is -2.14. The molecule has 0 fully saturated rings. The number of hydrogen-bond donors (Lipinski definition) is 2. The maximum absolute atomic E-state index is 12.6. The summed E-state index contributed by atoms with van der Waals surface area (Å²) in [6.07, 6.45) is -2.93. The van der Waals surface area contributed by atoms with E-state index in [1.165, 1.54) is 18.3 Å². The molecule has 0 radical (unpaired) electrons. The maximum Gasteiger partial charge on any atom is 0.416 e. The van der Waals surface area contributed by atoms with Crippen molar-refractivity contribution in [3.05, 3.63) is 83.7 Å². The monoisotopic (exact) mass is 371 g/mol. The van der Waals surface area contributed by atoms with Crippen molar-refractivity contribution in [3.63, 3.8) is 0 Å². The van der Waals surface area contributed by atoms with E-state index in [2.05, 4.69) is 15.6 Å². The highest BCUT2D eigenvalue weighted by molar-refractivity contribution is 6.03. The summed E-state index contributed by atoms with van der Waals surface area (Å²) in [6, 6.07) is 15.3. The Bertz CT molecular complexity index is 953. The van der Waals surface area contributed by atoms with Crippen LogP contribution in [0.15, 0.2) is 66.9 Å². The molecular formula is C20H16F3N3O. The molecule has 0 aliphatic rings. The minimum absolute atomic E-state index is 0.146. The van der Waals surface area contributed by atoms with E-state index in [-0.39, 0.29) is 11.4 Å². The molecule has 7 heteroatoms. The molecule has 27 heavy (non-hydrogen) atoms. The highest BCUT2D eigenvalue weighted by Gasteiger charge is 2.30. The number of aryl methyl sites for hydroxylation is 1. The summed E-state index contributed by atoms with van der Waals surface area (Å²) in [5.74, 6) is -0.511. The zero-order valence-electron chi connectivity index (χ0n) is 14.3. The smallest absolute Gasteiger partial charge is 0.355 e. The van der Waals surface area contributed by atoms with Crippen LogP contribution in [0.1, 0.15) is 21.6 Å². The average molecular weight is 371 g/mol. The zero-order valence-corrected chi connectivity index (χ0v) is 14.3. The Balaban J connectivity index is 1.72. The molecule has 4 nitrogen and oxygen atoms in total. The zero-order chi connectivity index (χ0) is 19.4. The molecule has 138 valence electrons. The highest BCUT2D eigenvalue weighted by Crippen LogP contribution is 2.29. The SMILES string of the molecule is Cc1cccc(Nc2ccnc(C(=O)Nc3ccc(C(F)(F)F)cc3)c2)c1. The first-order valence-corrected chi connectivity index (χ1v) is 8.09. The molecule has 0 aliphatic carbocycles. The van der Waals surface area contributed by atoms with Crippen molar-refractivity contribution in [1.82, 2.24) is 4.98 Å². The predicted molar refractivity (Wildman–Crippen MR) is 98.1 cm³/mol. The number of amides is 1. The maximum atomic E-state index is 12.6. The Morgan fingerprint density at radius 3 is 2.30 bits per heavy atom. The van der Waals surface area contributed by atoms with Gasteiger partial charge in [-0.15, -0.1) is 0 Å². The minimum atomic E-state index is -4.42. The van der Waals surface area contributed by atoms with Gasteiger partial charge in [0.15, 0.2) is 0 Å². The van der Waals surface area contributed by atoms with Gasteiger partial charge in [0, 0.05) is 23.3 Å². The van der Waals surface area contributed by atoms with E-state index in [9.17, 15) is 18.0 Å². The molecular weight excluding hydrogens is 355 g/mol. The van der Waals surface area contributed by atoms with Crippen LogP contribution < -0.4 is 10.6 Å². The van der Waals surface area contributed by atoms with Crippen molar-refractivity contribution in [2.75, 3.05) is 10.6 Å². The molecule has 0 unspecified atom stereocenters. The molecule has 0 aliphatic heterocycles. The van der Waals surface area contributed by atoms with Gasteiger partial charge in [-0.05, 0) is 61.0 Å². The van der Waals surface area contributed by atoms with Crippen LogP contribution in [0.3, 0.4) is 0 Å². The molecule has 0 saturated heterocycles. The van der Waals surface area contributed by atoms with Gasteiger partial charge in [-0.1, -0.05) is 12.1 Å². The summed E-state index contributed by atoms with van der Waals surface area (Å²) in [6.45, 7) is 1.97. The normalized spacial score (nSPS) is 11.1. The summed E-state index contributed by atoms with van der Waals surface area (Å²) >= 11 is 0. The third-order valence-corrected chi connectivity index (χ3v) is 3.77. The number of carbonyl (C=O) groups is 1. The van der Waals surface area contributed by atoms with E-state index < -0.39 is 17.6 Å². The van der Waals surface area contributed by atoms with Crippen molar-refractivity contribution in [1.29, 1.82) is 0 Å². The van der Waals surface area contributed by atoms with Gasteiger partial charge in [-0.25, -0.2) is 0 Å². The van der Waals surface area contributed by atoms with Crippen molar-refractivity contribution in [2.45, 2.75) is 13.1 Å². The first kappa shape index (κ1) is 18.4. The van der Waals surface area contributed by atoms with E-state index in [4.69, 9.17) is 0 Å². The van der Waals surface area contributed by atoms with Crippen LogP contribution in [0.4, 0.5) is 30.2 Å². The number of aromatic nitrogens is 1. The van der Waals surface area contributed by atoms with Crippen LogP contribution in [0, 0.1) is 6.92 Å². The quantitative estimate of drug-likeness (QED) is 0.645. The third-order valence-electron chi connectivity index (χ3n) is 3.77. The van der Waals surface area contributed by atoms with Crippen LogP contribution in [-0.4, -0.2) is 10.9 Å². The van der Waals surface area contributed by atoms with Gasteiger partial charge in [0.1, 0.15) is 5.69 Å². The Morgan fingerprint density at radius 1 is 0.926 bits per heavy atom. The van der Waals surface area contributed by atoms with Crippen LogP contribution in [0.5, 0.6) is 0 Å². The lowest BCUT2D eigenvalue weighted by atomic mass is 10.2. The largest absolute Gasteiger partial charge is 0.416 e. The van der Waals surface area contributed by atoms with Crippen molar-refractivity contribution < 1.29 is 18.0 Å². The van der Waals surface area contributed by atoms with E-state index >= 15 is 0 Å². The topological polar surface area (TPSA) is 54.0 Å². The van der Waals surface area contributed by atoms with Crippen LogP contribution in [0.2, 0.25) is 0 Å². The number of alkyl halides is 3. The molecule has 1 heterocycles. The van der Waals surface area contributed by atoms with Crippen LogP contribution in [-0.2, 0) is 6.18 Å². The molecule has 0 bridgehead atoms.